The maximum atomic E-state index is 12.2. The maximum absolute atomic E-state index is 12.2. The number of carbonyl (C=O) groups excluding carboxylic acids is 1. The van der Waals surface area contributed by atoms with E-state index in [1.807, 2.05) is 4.90 Å². The minimum atomic E-state index is -0.215. The Morgan fingerprint density at radius 3 is 2.53 bits per heavy atom. The van der Waals surface area contributed by atoms with E-state index in [4.69, 9.17) is 5.73 Å². The van der Waals surface area contributed by atoms with Crippen LogP contribution < -0.4 is 5.73 Å². The molecule has 1 fully saturated rings. The van der Waals surface area contributed by atoms with Crippen LogP contribution in [0.4, 0.5) is 0 Å². The summed E-state index contributed by atoms with van der Waals surface area (Å²) in [6.07, 6.45) is 0.424. The molecule has 3 nitrogen and oxygen atoms in total. The summed E-state index contributed by atoms with van der Waals surface area (Å²) in [4.78, 5) is 14.1. The van der Waals surface area contributed by atoms with Crippen molar-refractivity contribution in [1.29, 1.82) is 0 Å². The highest BCUT2D eigenvalue weighted by Gasteiger charge is 2.43. The number of halogens is 1. The van der Waals surface area contributed by atoms with E-state index in [-0.39, 0.29) is 23.5 Å². The van der Waals surface area contributed by atoms with Gasteiger partial charge in [-0.3, -0.25) is 4.79 Å². The third kappa shape index (κ3) is 2.70. The van der Waals surface area contributed by atoms with Gasteiger partial charge in [-0.1, -0.05) is 28.1 Å². The van der Waals surface area contributed by atoms with Crippen LogP contribution in [0.2, 0.25) is 0 Å². The largest absolute Gasteiger partial charge is 0.329 e. The summed E-state index contributed by atoms with van der Waals surface area (Å²) in [5.74, 6) is 0.140. The number of carbonyl (C=O) groups is 1. The zero-order valence-electron chi connectivity index (χ0n) is 11.9. The molecule has 1 amide bonds. The number of rotatable bonds is 1. The van der Waals surface area contributed by atoms with Crippen molar-refractivity contribution < 1.29 is 4.79 Å². The predicted octanol–water partition coefficient (Wildman–Crippen LogP) is 3.16. The number of hydrogen-bond acceptors (Lipinski definition) is 2. The zero-order valence-corrected chi connectivity index (χ0v) is 13.5. The molecule has 2 unspecified atom stereocenters. The average molecular weight is 325 g/mol. The third-order valence-corrected chi connectivity index (χ3v) is 4.48. The van der Waals surface area contributed by atoms with Crippen molar-refractivity contribution in [2.45, 2.75) is 51.7 Å². The molecule has 2 atom stereocenters. The second-order valence-electron chi connectivity index (χ2n) is 6.26. The van der Waals surface area contributed by atoms with Crippen molar-refractivity contribution in [3.63, 3.8) is 0 Å². The fourth-order valence-electron chi connectivity index (χ4n) is 2.74. The van der Waals surface area contributed by atoms with Gasteiger partial charge in [-0.15, -0.1) is 0 Å². The molecule has 1 aliphatic heterocycles. The first-order valence-electron chi connectivity index (χ1n) is 6.55. The van der Waals surface area contributed by atoms with Gasteiger partial charge in [0, 0.05) is 22.5 Å². The van der Waals surface area contributed by atoms with Crippen molar-refractivity contribution in [3.05, 3.63) is 33.8 Å². The monoisotopic (exact) mass is 324 g/mol. The van der Waals surface area contributed by atoms with Crippen LogP contribution in [-0.2, 0) is 4.79 Å². The van der Waals surface area contributed by atoms with Gasteiger partial charge in [-0.2, -0.15) is 0 Å². The lowest BCUT2D eigenvalue weighted by atomic mass is 9.96. The topological polar surface area (TPSA) is 46.3 Å². The summed E-state index contributed by atoms with van der Waals surface area (Å²) in [5.41, 5.74) is 8.27. The number of likely N-dealkylation sites (tertiary alicyclic amines) is 1. The molecule has 1 aromatic rings. The van der Waals surface area contributed by atoms with E-state index in [9.17, 15) is 4.79 Å². The Bertz CT molecular complexity index is 507. The standard InChI is InChI=1S/C15H21BrN2O/c1-9-5-6-10(7-11(9)16)14-12(17)8-13(19)18(14)15(2,3)4/h5-7,12,14H,8,17H2,1-4H3. The van der Waals surface area contributed by atoms with Crippen LogP contribution in [0, 0.1) is 6.92 Å². The number of amides is 1. The summed E-state index contributed by atoms with van der Waals surface area (Å²) < 4.78 is 1.06. The Balaban J connectivity index is 2.45. The van der Waals surface area contributed by atoms with Gasteiger partial charge in [0.15, 0.2) is 0 Å². The van der Waals surface area contributed by atoms with E-state index in [0.29, 0.717) is 6.42 Å². The van der Waals surface area contributed by atoms with Gasteiger partial charge in [0.2, 0.25) is 5.91 Å². The third-order valence-electron chi connectivity index (χ3n) is 3.62. The molecular weight excluding hydrogens is 304 g/mol. The van der Waals surface area contributed by atoms with Crippen LogP contribution in [-0.4, -0.2) is 22.4 Å². The second kappa shape index (κ2) is 4.91. The highest BCUT2D eigenvalue weighted by Crippen LogP contribution is 2.38. The van der Waals surface area contributed by atoms with Gasteiger partial charge in [-0.25, -0.2) is 0 Å². The van der Waals surface area contributed by atoms with Crippen molar-refractivity contribution in [3.8, 4) is 0 Å². The SMILES string of the molecule is Cc1ccc(C2C(N)CC(=O)N2C(C)(C)C)cc1Br. The summed E-state index contributed by atoms with van der Waals surface area (Å²) in [6, 6.07) is 6.04. The van der Waals surface area contributed by atoms with Gasteiger partial charge in [-0.05, 0) is 44.9 Å². The first-order valence-corrected chi connectivity index (χ1v) is 7.35. The number of nitrogens with zero attached hydrogens (tertiary/aromatic N) is 1. The average Bonchev–Trinajstić information content (AvgIpc) is 2.57. The van der Waals surface area contributed by atoms with Crippen LogP contribution in [0.25, 0.3) is 0 Å². The first kappa shape index (κ1) is 14.5. The molecule has 0 bridgehead atoms. The lowest BCUT2D eigenvalue weighted by Gasteiger charge is -2.38. The van der Waals surface area contributed by atoms with Gasteiger partial charge in [0.05, 0.1) is 6.04 Å². The highest BCUT2D eigenvalue weighted by molar-refractivity contribution is 9.10. The van der Waals surface area contributed by atoms with E-state index >= 15 is 0 Å². The quantitative estimate of drug-likeness (QED) is 0.862. The van der Waals surface area contributed by atoms with Crippen LogP contribution in [0.3, 0.4) is 0 Å². The van der Waals surface area contributed by atoms with Gasteiger partial charge < -0.3 is 10.6 Å². The number of hydrogen-bond donors (Lipinski definition) is 1. The number of aryl methyl sites for hydroxylation is 1. The highest BCUT2D eigenvalue weighted by atomic mass is 79.9. The normalized spacial score (nSPS) is 24.1. The smallest absolute Gasteiger partial charge is 0.225 e. The van der Waals surface area contributed by atoms with Gasteiger partial charge in [0.25, 0.3) is 0 Å². The number of nitrogens with two attached hydrogens (primary N) is 1. The Kier molecular flexibility index (Phi) is 3.76. The number of benzene rings is 1. The molecule has 0 radical (unpaired) electrons. The fourth-order valence-corrected chi connectivity index (χ4v) is 3.14. The zero-order chi connectivity index (χ0) is 14.4. The van der Waals surface area contributed by atoms with Crippen LogP contribution in [0.15, 0.2) is 22.7 Å². The molecular formula is C15H21BrN2O. The lowest BCUT2D eigenvalue weighted by Crippen LogP contribution is -2.45. The van der Waals surface area contributed by atoms with Crippen molar-refractivity contribution >= 4 is 21.8 Å². The molecule has 1 aromatic carbocycles. The molecule has 1 aliphatic rings. The lowest BCUT2D eigenvalue weighted by molar-refractivity contribution is -0.133. The van der Waals surface area contributed by atoms with Crippen LogP contribution >= 0.6 is 15.9 Å². The fraction of sp³-hybridized carbons (Fsp3) is 0.533. The molecule has 19 heavy (non-hydrogen) atoms. The summed E-state index contributed by atoms with van der Waals surface area (Å²) >= 11 is 3.55. The Labute approximate surface area is 123 Å². The van der Waals surface area contributed by atoms with Crippen LogP contribution in [0.1, 0.15) is 44.4 Å². The molecule has 104 valence electrons. The van der Waals surface area contributed by atoms with Gasteiger partial charge >= 0.3 is 0 Å². The van der Waals surface area contributed by atoms with Crippen molar-refractivity contribution in [2.24, 2.45) is 5.73 Å². The second-order valence-corrected chi connectivity index (χ2v) is 7.11. The predicted molar refractivity (Wildman–Crippen MR) is 80.8 cm³/mol. The minimum Gasteiger partial charge on any atom is -0.329 e. The Hall–Kier alpha value is -0.870. The molecule has 0 aromatic heterocycles. The van der Waals surface area contributed by atoms with Crippen LogP contribution in [0.5, 0.6) is 0 Å². The van der Waals surface area contributed by atoms with E-state index in [1.54, 1.807) is 0 Å². The van der Waals surface area contributed by atoms with Gasteiger partial charge in [0.1, 0.15) is 0 Å². The first-order chi connectivity index (χ1) is 8.71. The van der Waals surface area contributed by atoms with E-state index < -0.39 is 0 Å². The minimum absolute atomic E-state index is 0.0376. The van der Waals surface area contributed by atoms with E-state index in [0.717, 1.165) is 10.0 Å². The van der Waals surface area contributed by atoms with E-state index in [1.165, 1.54) is 5.56 Å². The molecule has 0 saturated carbocycles. The summed E-state index contributed by atoms with van der Waals surface area (Å²) in [7, 11) is 0. The van der Waals surface area contributed by atoms with Crippen molar-refractivity contribution in [2.75, 3.05) is 0 Å². The van der Waals surface area contributed by atoms with E-state index in [2.05, 4.69) is 61.8 Å². The maximum Gasteiger partial charge on any atom is 0.225 e. The molecule has 1 heterocycles. The Morgan fingerprint density at radius 2 is 2.00 bits per heavy atom. The Morgan fingerprint density at radius 1 is 1.37 bits per heavy atom. The molecule has 4 heteroatoms. The van der Waals surface area contributed by atoms with Crippen molar-refractivity contribution in [1.82, 2.24) is 4.90 Å². The molecule has 0 spiro atoms. The molecule has 1 saturated heterocycles. The molecule has 2 N–H and O–H groups in total. The molecule has 2 rings (SSSR count). The summed E-state index contributed by atoms with van der Waals surface area (Å²) in [5, 5.41) is 0. The summed E-state index contributed by atoms with van der Waals surface area (Å²) in [6.45, 7) is 8.21. The molecule has 0 aliphatic carbocycles.